The molecule has 0 spiro atoms. The number of benzene rings is 2. The third kappa shape index (κ3) is 3.45. The maximum absolute atomic E-state index is 11.3. The molecule has 2 aromatic carbocycles. The number of aliphatic carboxylic acids is 1. The molecule has 3 heteroatoms. The summed E-state index contributed by atoms with van der Waals surface area (Å²) in [5, 5.41) is 12.4. The Morgan fingerprint density at radius 2 is 1.50 bits per heavy atom. The minimum atomic E-state index is -0.855. The summed E-state index contributed by atoms with van der Waals surface area (Å²) in [7, 11) is 0. The van der Waals surface area contributed by atoms with Crippen LogP contribution in [0.5, 0.6) is 0 Å². The summed E-state index contributed by atoms with van der Waals surface area (Å²) in [6.07, 6.45) is 0. The van der Waals surface area contributed by atoms with Crippen molar-refractivity contribution >= 4 is 5.97 Å². The molecule has 0 aliphatic carbocycles. The van der Waals surface area contributed by atoms with Gasteiger partial charge in [0.15, 0.2) is 0 Å². The Kier molecular flexibility index (Phi) is 4.53. The summed E-state index contributed by atoms with van der Waals surface area (Å²) < 4.78 is 0. The van der Waals surface area contributed by atoms with Gasteiger partial charge in [0.05, 0.1) is 0 Å². The number of hydrogen-bond acceptors (Lipinski definition) is 2. The van der Waals surface area contributed by atoms with Crippen molar-refractivity contribution < 1.29 is 9.90 Å². The second-order valence-corrected chi connectivity index (χ2v) is 5.08. The van der Waals surface area contributed by atoms with Crippen molar-refractivity contribution in [1.29, 1.82) is 0 Å². The van der Waals surface area contributed by atoms with E-state index >= 15 is 0 Å². The number of nitrogens with one attached hydrogen (secondary N) is 1. The Hall–Kier alpha value is -2.13. The van der Waals surface area contributed by atoms with Crippen molar-refractivity contribution in [2.24, 2.45) is 0 Å². The summed E-state index contributed by atoms with van der Waals surface area (Å²) >= 11 is 0. The monoisotopic (exact) mass is 269 g/mol. The fourth-order valence-corrected chi connectivity index (χ4v) is 2.14. The van der Waals surface area contributed by atoms with Crippen molar-refractivity contribution in [3.05, 3.63) is 60.2 Å². The van der Waals surface area contributed by atoms with Crippen LogP contribution in [0.2, 0.25) is 0 Å². The normalized spacial score (nSPS) is 12.3. The average Bonchev–Trinajstić information content (AvgIpc) is 2.45. The zero-order valence-electron chi connectivity index (χ0n) is 11.7. The molecule has 0 saturated carbocycles. The Bertz CT molecular complexity index is 561. The van der Waals surface area contributed by atoms with E-state index in [1.165, 1.54) is 0 Å². The molecule has 0 aliphatic heterocycles. The Balaban J connectivity index is 2.24. The van der Waals surface area contributed by atoms with Gasteiger partial charge >= 0.3 is 5.97 Å². The van der Waals surface area contributed by atoms with Crippen molar-refractivity contribution in [1.82, 2.24) is 5.32 Å². The van der Waals surface area contributed by atoms with Gasteiger partial charge in [0.25, 0.3) is 0 Å². The zero-order valence-corrected chi connectivity index (χ0v) is 11.7. The topological polar surface area (TPSA) is 49.3 Å². The second kappa shape index (κ2) is 6.35. The highest BCUT2D eigenvalue weighted by Crippen LogP contribution is 2.22. The van der Waals surface area contributed by atoms with E-state index in [0.717, 1.165) is 16.7 Å². The van der Waals surface area contributed by atoms with Crippen LogP contribution in [0.25, 0.3) is 11.1 Å². The lowest BCUT2D eigenvalue weighted by atomic mass is 10.0. The average molecular weight is 269 g/mol. The lowest BCUT2D eigenvalue weighted by Gasteiger charge is -2.18. The molecule has 20 heavy (non-hydrogen) atoms. The van der Waals surface area contributed by atoms with Gasteiger partial charge in [0, 0.05) is 6.04 Å². The Labute approximate surface area is 119 Å². The molecule has 104 valence electrons. The predicted molar refractivity (Wildman–Crippen MR) is 80.5 cm³/mol. The van der Waals surface area contributed by atoms with Crippen LogP contribution in [-0.4, -0.2) is 17.1 Å². The maximum atomic E-state index is 11.3. The largest absolute Gasteiger partial charge is 0.480 e. The van der Waals surface area contributed by atoms with E-state index in [1.807, 2.05) is 68.4 Å². The molecule has 0 aliphatic rings. The number of hydrogen-bond donors (Lipinski definition) is 2. The SMILES string of the molecule is CC(C)NC(C(=O)O)c1ccc(-c2ccccc2)cc1. The fraction of sp³-hybridized carbons (Fsp3) is 0.235. The molecule has 2 N–H and O–H groups in total. The van der Waals surface area contributed by atoms with Gasteiger partial charge < -0.3 is 5.11 Å². The first-order valence-corrected chi connectivity index (χ1v) is 6.72. The number of rotatable bonds is 5. The first kappa shape index (κ1) is 14.3. The summed E-state index contributed by atoms with van der Waals surface area (Å²) in [6, 6.07) is 17.1. The van der Waals surface area contributed by atoms with E-state index in [1.54, 1.807) is 0 Å². The van der Waals surface area contributed by atoms with Crippen LogP contribution in [0.1, 0.15) is 25.5 Å². The van der Waals surface area contributed by atoms with E-state index in [4.69, 9.17) is 0 Å². The Morgan fingerprint density at radius 3 is 2.00 bits per heavy atom. The quantitative estimate of drug-likeness (QED) is 0.873. The fourth-order valence-electron chi connectivity index (χ4n) is 2.14. The van der Waals surface area contributed by atoms with Crippen LogP contribution in [0.3, 0.4) is 0 Å². The molecule has 0 heterocycles. The van der Waals surface area contributed by atoms with Crippen molar-refractivity contribution in [2.75, 3.05) is 0 Å². The van der Waals surface area contributed by atoms with Crippen LogP contribution >= 0.6 is 0 Å². The minimum absolute atomic E-state index is 0.116. The van der Waals surface area contributed by atoms with E-state index in [2.05, 4.69) is 5.32 Å². The number of carboxylic acid groups (broad SMARTS) is 1. The highest BCUT2D eigenvalue weighted by Gasteiger charge is 2.20. The van der Waals surface area contributed by atoms with Gasteiger partial charge in [-0.3, -0.25) is 10.1 Å². The van der Waals surface area contributed by atoms with Crippen LogP contribution < -0.4 is 5.32 Å². The van der Waals surface area contributed by atoms with Crippen LogP contribution in [-0.2, 0) is 4.79 Å². The van der Waals surface area contributed by atoms with E-state index in [-0.39, 0.29) is 6.04 Å². The van der Waals surface area contributed by atoms with E-state index in [0.29, 0.717) is 0 Å². The molecular weight excluding hydrogens is 250 g/mol. The third-order valence-corrected chi connectivity index (χ3v) is 3.10. The molecule has 1 unspecified atom stereocenters. The summed E-state index contributed by atoms with van der Waals surface area (Å²) in [5.74, 6) is -0.855. The number of carboxylic acids is 1. The van der Waals surface area contributed by atoms with Gasteiger partial charge in [-0.15, -0.1) is 0 Å². The van der Waals surface area contributed by atoms with Gasteiger partial charge in [0.2, 0.25) is 0 Å². The first-order chi connectivity index (χ1) is 9.58. The molecule has 0 radical (unpaired) electrons. The zero-order chi connectivity index (χ0) is 14.5. The molecule has 0 saturated heterocycles. The molecule has 0 amide bonds. The maximum Gasteiger partial charge on any atom is 0.325 e. The Morgan fingerprint density at radius 1 is 0.950 bits per heavy atom. The van der Waals surface area contributed by atoms with Crippen molar-refractivity contribution in [3.8, 4) is 11.1 Å². The van der Waals surface area contributed by atoms with Gasteiger partial charge in [-0.2, -0.15) is 0 Å². The van der Waals surface area contributed by atoms with Crippen molar-refractivity contribution in [2.45, 2.75) is 25.9 Å². The smallest absolute Gasteiger partial charge is 0.325 e. The highest BCUT2D eigenvalue weighted by molar-refractivity contribution is 5.76. The van der Waals surface area contributed by atoms with Crippen molar-refractivity contribution in [3.63, 3.8) is 0 Å². The molecule has 2 rings (SSSR count). The molecule has 1 atom stereocenters. The van der Waals surface area contributed by atoms with Crippen LogP contribution in [0.4, 0.5) is 0 Å². The summed E-state index contributed by atoms with van der Waals surface area (Å²) in [6.45, 7) is 3.88. The second-order valence-electron chi connectivity index (χ2n) is 5.08. The minimum Gasteiger partial charge on any atom is -0.480 e. The van der Waals surface area contributed by atoms with E-state index < -0.39 is 12.0 Å². The molecule has 0 fully saturated rings. The van der Waals surface area contributed by atoms with Crippen LogP contribution in [0, 0.1) is 0 Å². The molecule has 0 bridgehead atoms. The van der Waals surface area contributed by atoms with Gasteiger partial charge in [-0.05, 0) is 30.5 Å². The lowest BCUT2D eigenvalue weighted by Crippen LogP contribution is -2.33. The third-order valence-electron chi connectivity index (χ3n) is 3.10. The summed E-state index contributed by atoms with van der Waals surface area (Å²) in [4.78, 5) is 11.3. The summed E-state index contributed by atoms with van der Waals surface area (Å²) in [5.41, 5.74) is 2.98. The molecule has 3 nitrogen and oxygen atoms in total. The predicted octanol–water partition coefficient (Wildman–Crippen LogP) is 3.48. The van der Waals surface area contributed by atoms with E-state index in [9.17, 15) is 9.90 Å². The van der Waals surface area contributed by atoms with Crippen LogP contribution in [0.15, 0.2) is 54.6 Å². The standard InChI is InChI=1S/C17H19NO2/c1-12(2)18-16(17(19)20)15-10-8-14(9-11-15)13-6-4-3-5-7-13/h3-12,16,18H,1-2H3,(H,19,20). The lowest BCUT2D eigenvalue weighted by molar-refractivity contribution is -0.139. The highest BCUT2D eigenvalue weighted by atomic mass is 16.4. The molecule has 0 aromatic heterocycles. The number of carbonyl (C=O) groups is 1. The first-order valence-electron chi connectivity index (χ1n) is 6.72. The van der Waals surface area contributed by atoms with Gasteiger partial charge in [-0.1, -0.05) is 54.6 Å². The van der Waals surface area contributed by atoms with Gasteiger partial charge in [0.1, 0.15) is 6.04 Å². The molecule has 2 aromatic rings. The van der Waals surface area contributed by atoms with Gasteiger partial charge in [-0.25, -0.2) is 0 Å². The molecular formula is C17H19NO2.